The van der Waals surface area contributed by atoms with Gasteiger partial charge in [-0.1, -0.05) is 29.8 Å². The predicted octanol–water partition coefficient (Wildman–Crippen LogP) is 2.05. The fraction of sp³-hybridized carbons (Fsp3) is 0.389. The Labute approximate surface area is 151 Å². The van der Waals surface area contributed by atoms with Crippen LogP contribution in [0.1, 0.15) is 16.8 Å². The second-order valence-electron chi connectivity index (χ2n) is 6.26. The van der Waals surface area contributed by atoms with E-state index in [0.29, 0.717) is 37.7 Å². The van der Waals surface area contributed by atoms with Crippen molar-refractivity contribution in [3.8, 4) is 0 Å². The number of fused-ring (bicyclic) bond motifs is 1. The van der Waals surface area contributed by atoms with E-state index in [1.807, 2.05) is 35.4 Å². The zero-order valence-corrected chi connectivity index (χ0v) is 14.6. The highest BCUT2D eigenvalue weighted by molar-refractivity contribution is 6.31. The highest BCUT2D eigenvalue weighted by Crippen LogP contribution is 2.24. The van der Waals surface area contributed by atoms with Gasteiger partial charge in [0, 0.05) is 36.4 Å². The maximum atomic E-state index is 12.6. The van der Waals surface area contributed by atoms with Crippen LogP contribution >= 0.6 is 11.6 Å². The molecule has 0 atom stereocenters. The average molecular weight is 359 g/mol. The lowest BCUT2D eigenvalue weighted by Gasteiger charge is -2.26. The number of halogens is 1. The van der Waals surface area contributed by atoms with Gasteiger partial charge in [-0.05, 0) is 11.6 Å². The quantitative estimate of drug-likeness (QED) is 0.840. The number of carbonyl (C=O) groups is 1. The Bertz CT molecular complexity index is 792. The number of rotatable bonds is 3. The van der Waals surface area contributed by atoms with Gasteiger partial charge in [0.25, 0.3) is 0 Å². The van der Waals surface area contributed by atoms with Crippen LogP contribution in [-0.4, -0.2) is 47.1 Å². The molecule has 1 saturated heterocycles. The zero-order chi connectivity index (χ0) is 17.2. The third kappa shape index (κ3) is 3.45. The topological polar surface area (TPSA) is 58.6 Å². The first kappa shape index (κ1) is 16.3. The Morgan fingerprint density at radius 3 is 2.80 bits per heavy atom. The van der Waals surface area contributed by atoms with Gasteiger partial charge < -0.3 is 14.5 Å². The smallest absolute Gasteiger partial charge is 0.227 e. The van der Waals surface area contributed by atoms with Crippen LogP contribution in [-0.2, 0) is 29.0 Å². The van der Waals surface area contributed by atoms with E-state index in [1.165, 1.54) is 0 Å². The summed E-state index contributed by atoms with van der Waals surface area (Å²) in [7, 11) is 0. The number of hydrogen-bond donors (Lipinski definition) is 0. The van der Waals surface area contributed by atoms with Gasteiger partial charge in [-0.2, -0.15) is 0 Å². The van der Waals surface area contributed by atoms with Gasteiger partial charge in [0.15, 0.2) is 0 Å². The molecule has 3 heterocycles. The Hall–Kier alpha value is -2.18. The first-order chi connectivity index (χ1) is 12.2. The van der Waals surface area contributed by atoms with E-state index >= 15 is 0 Å². The maximum absolute atomic E-state index is 12.6. The molecule has 1 aromatic heterocycles. The lowest BCUT2D eigenvalue weighted by Crippen LogP contribution is -2.37. The van der Waals surface area contributed by atoms with E-state index in [1.54, 1.807) is 0 Å². The number of ether oxygens (including phenoxy) is 1. The van der Waals surface area contributed by atoms with Crippen molar-refractivity contribution in [3.05, 3.63) is 52.3 Å². The van der Waals surface area contributed by atoms with Gasteiger partial charge in [0.2, 0.25) is 11.9 Å². The SMILES string of the molecule is O=C(Cc1ccccc1Cl)N1Cc2cnc(N3CCOCC3)nc2C1. The van der Waals surface area contributed by atoms with Gasteiger partial charge in [-0.15, -0.1) is 0 Å². The summed E-state index contributed by atoms with van der Waals surface area (Å²) in [5, 5.41) is 0.627. The number of amides is 1. The monoisotopic (exact) mass is 358 g/mol. The number of aromatic nitrogens is 2. The van der Waals surface area contributed by atoms with E-state index in [-0.39, 0.29) is 5.91 Å². The third-order valence-electron chi connectivity index (χ3n) is 4.59. The molecule has 6 nitrogen and oxygen atoms in total. The second-order valence-corrected chi connectivity index (χ2v) is 6.67. The molecule has 2 aliphatic rings. The second kappa shape index (κ2) is 6.98. The molecule has 0 unspecified atom stereocenters. The molecule has 2 aromatic rings. The minimum atomic E-state index is 0.0547. The molecule has 25 heavy (non-hydrogen) atoms. The van der Waals surface area contributed by atoms with Crippen molar-refractivity contribution in [1.29, 1.82) is 0 Å². The van der Waals surface area contributed by atoms with Crippen molar-refractivity contribution in [2.45, 2.75) is 19.5 Å². The summed E-state index contributed by atoms with van der Waals surface area (Å²) in [5.41, 5.74) is 2.80. The summed E-state index contributed by atoms with van der Waals surface area (Å²) >= 11 is 6.16. The number of carbonyl (C=O) groups excluding carboxylic acids is 1. The number of nitrogens with zero attached hydrogens (tertiary/aromatic N) is 4. The summed E-state index contributed by atoms with van der Waals surface area (Å²) in [6.07, 6.45) is 2.15. The fourth-order valence-corrected chi connectivity index (χ4v) is 3.35. The lowest BCUT2D eigenvalue weighted by molar-refractivity contribution is -0.131. The Morgan fingerprint density at radius 2 is 2.00 bits per heavy atom. The predicted molar refractivity (Wildman–Crippen MR) is 94.5 cm³/mol. The molecular weight excluding hydrogens is 340 g/mol. The van der Waals surface area contributed by atoms with Crippen LogP contribution in [0.2, 0.25) is 5.02 Å². The minimum absolute atomic E-state index is 0.0547. The summed E-state index contributed by atoms with van der Waals surface area (Å²) in [4.78, 5) is 25.7. The standard InChI is InChI=1S/C18H19ClN4O2/c19-15-4-2-1-3-13(15)9-17(24)23-11-14-10-20-18(21-16(14)12-23)22-5-7-25-8-6-22/h1-4,10H,5-9,11-12H2. The molecule has 0 saturated carbocycles. The minimum Gasteiger partial charge on any atom is -0.378 e. The summed E-state index contributed by atoms with van der Waals surface area (Å²) in [6, 6.07) is 7.46. The zero-order valence-electron chi connectivity index (χ0n) is 13.8. The molecule has 0 N–H and O–H groups in total. The van der Waals surface area contributed by atoms with E-state index in [0.717, 1.165) is 35.9 Å². The van der Waals surface area contributed by atoms with Gasteiger partial charge in [0.1, 0.15) is 0 Å². The highest BCUT2D eigenvalue weighted by Gasteiger charge is 2.26. The third-order valence-corrected chi connectivity index (χ3v) is 4.96. The molecule has 1 amide bonds. The van der Waals surface area contributed by atoms with E-state index < -0.39 is 0 Å². The first-order valence-electron chi connectivity index (χ1n) is 8.39. The van der Waals surface area contributed by atoms with E-state index in [4.69, 9.17) is 16.3 Å². The lowest BCUT2D eigenvalue weighted by atomic mass is 10.1. The van der Waals surface area contributed by atoms with E-state index in [2.05, 4.69) is 14.9 Å². The molecule has 2 aliphatic heterocycles. The summed E-state index contributed by atoms with van der Waals surface area (Å²) in [5.74, 6) is 0.779. The van der Waals surface area contributed by atoms with Crippen LogP contribution < -0.4 is 4.90 Å². The van der Waals surface area contributed by atoms with Gasteiger partial charge in [0.05, 0.1) is 31.9 Å². The maximum Gasteiger partial charge on any atom is 0.227 e. The molecule has 0 bridgehead atoms. The van der Waals surface area contributed by atoms with Crippen molar-refractivity contribution >= 4 is 23.5 Å². The summed E-state index contributed by atoms with van der Waals surface area (Å²) < 4.78 is 5.37. The van der Waals surface area contributed by atoms with Crippen LogP contribution in [0.4, 0.5) is 5.95 Å². The van der Waals surface area contributed by atoms with Crippen molar-refractivity contribution in [1.82, 2.24) is 14.9 Å². The largest absolute Gasteiger partial charge is 0.378 e. The number of benzene rings is 1. The molecule has 0 aliphatic carbocycles. The van der Waals surface area contributed by atoms with Gasteiger partial charge in [-0.3, -0.25) is 4.79 Å². The van der Waals surface area contributed by atoms with Crippen molar-refractivity contribution < 1.29 is 9.53 Å². The molecule has 1 fully saturated rings. The van der Waals surface area contributed by atoms with Crippen LogP contribution in [0, 0.1) is 0 Å². The number of hydrogen-bond acceptors (Lipinski definition) is 5. The van der Waals surface area contributed by atoms with Crippen LogP contribution in [0.15, 0.2) is 30.5 Å². The van der Waals surface area contributed by atoms with Crippen molar-refractivity contribution in [2.24, 2.45) is 0 Å². The first-order valence-corrected chi connectivity index (χ1v) is 8.77. The molecule has 1 aromatic carbocycles. The van der Waals surface area contributed by atoms with E-state index in [9.17, 15) is 4.79 Å². The van der Waals surface area contributed by atoms with Crippen molar-refractivity contribution in [2.75, 3.05) is 31.2 Å². The number of morpholine rings is 1. The van der Waals surface area contributed by atoms with Gasteiger partial charge >= 0.3 is 0 Å². The highest BCUT2D eigenvalue weighted by atomic mass is 35.5. The van der Waals surface area contributed by atoms with Gasteiger partial charge in [-0.25, -0.2) is 9.97 Å². The average Bonchev–Trinajstić information content (AvgIpc) is 3.08. The molecule has 130 valence electrons. The molecule has 0 spiro atoms. The fourth-order valence-electron chi connectivity index (χ4n) is 3.15. The number of anilines is 1. The van der Waals surface area contributed by atoms with Crippen LogP contribution in [0.5, 0.6) is 0 Å². The molecule has 0 radical (unpaired) electrons. The van der Waals surface area contributed by atoms with Crippen LogP contribution in [0.3, 0.4) is 0 Å². The Morgan fingerprint density at radius 1 is 1.20 bits per heavy atom. The molecule has 4 rings (SSSR count). The molecular formula is C18H19ClN4O2. The Balaban J connectivity index is 1.45. The molecule has 7 heteroatoms. The normalized spacial score (nSPS) is 16.8. The van der Waals surface area contributed by atoms with Crippen LogP contribution in [0.25, 0.3) is 0 Å². The van der Waals surface area contributed by atoms with Crippen molar-refractivity contribution in [3.63, 3.8) is 0 Å². The Kier molecular flexibility index (Phi) is 4.55. The summed E-state index contributed by atoms with van der Waals surface area (Å²) in [6.45, 7) is 4.08.